The van der Waals surface area contributed by atoms with Gasteiger partial charge in [0.2, 0.25) is 0 Å². The predicted molar refractivity (Wildman–Crippen MR) is 119 cm³/mol. The maximum absolute atomic E-state index is 11.4. The first kappa shape index (κ1) is 20.5. The number of hydrazone groups is 1. The summed E-state index contributed by atoms with van der Waals surface area (Å²) in [5, 5.41) is 15.8. The Hall–Kier alpha value is -3.25. The summed E-state index contributed by atoms with van der Waals surface area (Å²) in [6.45, 7) is 0. The summed E-state index contributed by atoms with van der Waals surface area (Å²) in [7, 11) is 0. The molecule has 0 radical (unpaired) electrons. The van der Waals surface area contributed by atoms with Crippen LogP contribution in [-0.2, 0) is 10.5 Å². The molecule has 4 N–H and O–H groups in total. The van der Waals surface area contributed by atoms with E-state index in [0.717, 1.165) is 33.0 Å². The van der Waals surface area contributed by atoms with Gasteiger partial charge in [0.25, 0.3) is 0 Å². The van der Waals surface area contributed by atoms with Crippen molar-refractivity contribution >= 4 is 29.8 Å². The summed E-state index contributed by atoms with van der Waals surface area (Å²) < 4.78 is 0. The highest BCUT2D eigenvalue weighted by Gasteiger charge is 2.18. The number of hydrogen-bond donors (Lipinski definition) is 3. The topological polar surface area (TPSA) is 87.7 Å². The molecule has 0 fully saturated rings. The second-order valence-electron chi connectivity index (χ2n) is 6.55. The summed E-state index contributed by atoms with van der Waals surface area (Å²) in [6.07, 6.45) is 1.51. The number of nitrogens with two attached hydrogens (primary N) is 1. The molecule has 0 saturated carbocycles. The number of nitrogens with zero attached hydrogens (tertiary/aromatic N) is 1. The first-order valence-corrected chi connectivity index (χ1v) is 10.2. The molecule has 0 aliphatic rings. The fraction of sp³-hybridized carbons (Fsp3) is 0.130. The zero-order chi connectivity index (χ0) is 20.5. The van der Waals surface area contributed by atoms with E-state index in [9.17, 15) is 9.90 Å². The van der Waals surface area contributed by atoms with Crippen LogP contribution in [0.2, 0.25) is 0 Å². The van der Waals surface area contributed by atoms with Crippen LogP contribution in [0.1, 0.15) is 29.0 Å². The number of carboxylic acids is 1. The fourth-order valence-corrected chi connectivity index (χ4v) is 4.04. The molecule has 0 aromatic heterocycles. The van der Waals surface area contributed by atoms with Crippen LogP contribution in [0, 0.1) is 0 Å². The number of anilines is 1. The van der Waals surface area contributed by atoms with Crippen molar-refractivity contribution in [1.82, 2.24) is 0 Å². The average Bonchev–Trinajstić information content (AvgIpc) is 2.75. The van der Waals surface area contributed by atoms with Crippen LogP contribution in [-0.4, -0.2) is 17.4 Å². The van der Waals surface area contributed by atoms with Crippen molar-refractivity contribution in [2.24, 2.45) is 10.9 Å². The number of benzene rings is 3. The number of carbonyl (C=O) groups is 1. The summed E-state index contributed by atoms with van der Waals surface area (Å²) in [5.74, 6) is 4.95. The Morgan fingerprint density at radius 3 is 2.55 bits per heavy atom. The summed E-state index contributed by atoms with van der Waals surface area (Å²) in [4.78, 5) is 12.6. The Bertz CT molecular complexity index is 977. The normalized spacial score (nSPS) is 12.0. The second-order valence-corrected chi connectivity index (χ2v) is 7.59. The number of nitrogens with one attached hydrogen (secondary N) is 1. The maximum Gasteiger partial charge on any atom is 0.304 e. The monoisotopic (exact) mass is 405 g/mol. The van der Waals surface area contributed by atoms with Crippen LogP contribution in [0.3, 0.4) is 0 Å². The summed E-state index contributed by atoms with van der Waals surface area (Å²) in [6, 6.07) is 26.0. The van der Waals surface area contributed by atoms with Crippen molar-refractivity contribution < 1.29 is 9.90 Å². The van der Waals surface area contributed by atoms with E-state index < -0.39 is 5.97 Å². The van der Waals surface area contributed by atoms with E-state index in [0.29, 0.717) is 0 Å². The van der Waals surface area contributed by atoms with Gasteiger partial charge < -0.3 is 16.3 Å². The van der Waals surface area contributed by atoms with Crippen LogP contribution in [0.25, 0.3) is 0 Å². The van der Waals surface area contributed by atoms with Crippen molar-refractivity contribution in [2.45, 2.75) is 23.0 Å². The summed E-state index contributed by atoms with van der Waals surface area (Å²) >= 11 is 1.72. The fourth-order valence-electron chi connectivity index (χ4n) is 3.14. The predicted octanol–water partition coefficient (Wildman–Crippen LogP) is 4.90. The Balaban J connectivity index is 1.75. The molecule has 0 saturated heterocycles. The van der Waals surface area contributed by atoms with Gasteiger partial charge >= 0.3 is 5.97 Å². The molecule has 0 aliphatic carbocycles. The third-order valence-electron chi connectivity index (χ3n) is 4.48. The van der Waals surface area contributed by atoms with E-state index in [2.05, 4.69) is 28.6 Å². The lowest BCUT2D eigenvalue weighted by Gasteiger charge is -2.17. The minimum atomic E-state index is -0.802. The van der Waals surface area contributed by atoms with E-state index in [1.165, 1.54) is 6.34 Å². The molecule has 148 valence electrons. The Labute approximate surface area is 174 Å². The second kappa shape index (κ2) is 10.3. The molecule has 3 aromatic rings. The molecule has 0 aliphatic heterocycles. The van der Waals surface area contributed by atoms with Gasteiger partial charge in [-0.1, -0.05) is 60.7 Å². The largest absolute Gasteiger partial charge is 0.481 e. The van der Waals surface area contributed by atoms with Gasteiger partial charge in [0.15, 0.2) is 0 Å². The molecule has 29 heavy (non-hydrogen) atoms. The highest BCUT2D eigenvalue weighted by atomic mass is 32.2. The molecule has 5 nitrogen and oxygen atoms in total. The van der Waals surface area contributed by atoms with Crippen molar-refractivity contribution in [1.29, 1.82) is 0 Å². The minimum Gasteiger partial charge on any atom is -0.481 e. The van der Waals surface area contributed by atoms with Crippen molar-refractivity contribution in [2.75, 3.05) is 5.32 Å². The standard InChI is InChI=1S/C23H23N3O2S/c24-26-16-25-20-10-5-11-21(13-20)29-15-17-6-4-9-19(12-17)22(14-23(27)28)18-7-2-1-3-8-18/h1-13,16,22H,14-15,24H2,(H,25,26)(H,27,28). The molecule has 3 rings (SSSR count). The molecule has 1 atom stereocenters. The van der Waals surface area contributed by atoms with E-state index >= 15 is 0 Å². The van der Waals surface area contributed by atoms with E-state index in [1.54, 1.807) is 11.8 Å². The van der Waals surface area contributed by atoms with Crippen molar-refractivity contribution in [3.8, 4) is 0 Å². The maximum atomic E-state index is 11.4. The number of rotatable bonds is 9. The lowest BCUT2D eigenvalue weighted by molar-refractivity contribution is -0.137. The Morgan fingerprint density at radius 2 is 1.79 bits per heavy atom. The van der Waals surface area contributed by atoms with Crippen LogP contribution >= 0.6 is 11.8 Å². The van der Waals surface area contributed by atoms with Gasteiger partial charge in [0.1, 0.15) is 6.34 Å². The first-order chi connectivity index (χ1) is 14.2. The van der Waals surface area contributed by atoms with Crippen molar-refractivity contribution in [3.05, 3.63) is 95.6 Å². The van der Waals surface area contributed by atoms with E-state index in [1.807, 2.05) is 60.7 Å². The number of thioether (sulfide) groups is 1. The van der Waals surface area contributed by atoms with Crippen LogP contribution in [0.15, 0.2) is 88.9 Å². The molecule has 0 bridgehead atoms. The highest BCUT2D eigenvalue weighted by Crippen LogP contribution is 2.31. The van der Waals surface area contributed by atoms with Crippen LogP contribution in [0.5, 0.6) is 0 Å². The molecule has 1 unspecified atom stereocenters. The molecular formula is C23H23N3O2S. The van der Waals surface area contributed by atoms with Crippen molar-refractivity contribution in [3.63, 3.8) is 0 Å². The Morgan fingerprint density at radius 1 is 1.03 bits per heavy atom. The van der Waals surface area contributed by atoms with Gasteiger partial charge in [-0.3, -0.25) is 4.79 Å². The molecule has 3 aromatic carbocycles. The Kier molecular flexibility index (Phi) is 7.30. The molecular weight excluding hydrogens is 382 g/mol. The van der Waals surface area contributed by atoms with Gasteiger partial charge in [-0.2, -0.15) is 5.10 Å². The summed E-state index contributed by atoms with van der Waals surface area (Å²) in [5.41, 5.74) is 4.11. The zero-order valence-electron chi connectivity index (χ0n) is 15.9. The molecule has 6 heteroatoms. The lowest BCUT2D eigenvalue weighted by atomic mass is 9.88. The van der Waals surface area contributed by atoms with Gasteiger partial charge in [-0.05, 0) is 34.9 Å². The van der Waals surface area contributed by atoms with E-state index in [-0.39, 0.29) is 12.3 Å². The van der Waals surface area contributed by atoms with Gasteiger partial charge in [0.05, 0.1) is 6.42 Å². The van der Waals surface area contributed by atoms with Gasteiger partial charge in [0, 0.05) is 22.3 Å². The number of carboxylic acid groups (broad SMARTS) is 1. The van der Waals surface area contributed by atoms with E-state index in [4.69, 9.17) is 5.84 Å². The SMILES string of the molecule is NN=CNc1cccc(SCc2cccc(C(CC(=O)O)c3ccccc3)c2)c1. The minimum absolute atomic E-state index is 0.0665. The quantitative estimate of drug-likeness (QED) is 0.155. The zero-order valence-corrected chi connectivity index (χ0v) is 16.7. The third-order valence-corrected chi connectivity index (χ3v) is 5.54. The molecule has 0 heterocycles. The first-order valence-electron chi connectivity index (χ1n) is 9.22. The number of aliphatic carboxylic acids is 1. The van der Waals surface area contributed by atoms with Gasteiger partial charge in [-0.15, -0.1) is 11.8 Å². The van der Waals surface area contributed by atoms with Gasteiger partial charge in [-0.25, -0.2) is 0 Å². The highest BCUT2D eigenvalue weighted by molar-refractivity contribution is 7.98. The lowest BCUT2D eigenvalue weighted by Crippen LogP contribution is -2.08. The van der Waals surface area contributed by atoms with Crippen LogP contribution in [0.4, 0.5) is 5.69 Å². The number of hydrogen-bond acceptors (Lipinski definition) is 4. The smallest absolute Gasteiger partial charge is 0.304 e. The third kappa shape index (κ3) is 6.12. The molecule has 0 amide bonds. The molecule has 0 spiro atoms. The average molecular weight is 406 g/mol. The van der Waals surface area contributed by atoms with Crippen LogP contribution < -0.4 is 11.2 Å².